The molecule has 2 aromatic rings. The van der Waals surface area contributed by atoms with Gasteiger partial charge in [0, 0.05) is 4.88 Å². The van der Waals surface area contributed by atoms with E-state index >= 15 is 0 Å². The van der Waals surface area contributed by atoms with Gasteiger partial charge in [-0.15, -0.1) is 11.3 Å². The van der Waals surface area contributed by atoms with E-state index in [0.29, 0.717) is 21.7 Å². The minimum absolute atomic E-state index is 0.522. The zero-order valence-electron chi connectivity index (χ0n) is 10.8. The summed E-state index contributed by atoms with van der Waals surface area (Å²) < 4.78 is 6.37. The lowest BCUT2D eigenvalue weighted by Gasteiger charge is -2.19. The van der Waals surface area contributed by atoms with E-state index < -0.39 is 0 Å². The van der Waals surface area contributed by atoms with Crippen LogP contribution in [0.3, 0.4) is 0 Å². The molecule has 0 N–H and O–H groups in total. The molecule has 1 saturated carbocycles. The molecule has 1 heterocycles. The van der Waals surface area contributed by atoms with E-state index in [4.69, 9.17) is 27.9 Å². The van der Waals surface area contributed by atoms with Crippen LogP contribution < -0.4 is 4.74 Å². The summed E-state index contributed by atoms with van der Waals surface area (Å²) in [5.41, 5.74) is 0. The largest absolute Gasteiger partial charge is 0.495 e. The Morgan fingerprint density at radius 3 is 2.53 bits per heavy atom. The van der Waals surface area contributed by atoms with Gasteiger partial charge < -0.3 is 4.74 Å². The fourth-order valence-electron chi connectivity index (χ4n) is 2.85. The number of methoxy groups -OCH3 is 1. The van der Waals surface area contributed by atoms with E-state index in [0.717, 1.165) is 10.1 Å². The molecule has 0 bridgehead atoms. The van der Waals surface area contributed by atoms with Crippen molar-refractivity contribution in [1.82, 2.24) is 0 Å². The molecule has 1 aliphatic carbocycles. The Morgan fingerprint density at radius 1 is 1.11 bits per heavy atom. The number of hydrogen-bond acceptors (Lipinski definition) is 2. The highest BCUT2D eigenvalue weighted by Crippen LogP contribution is 2.45. The van der Waals surface area contributed by atoms with Crippen LogP contribution in [0, 0.1) is 0 Å². The van der Waals surface area contributed by atoms with Crippen LogP contribution in [-0.2, 0) is 0 Å². The van der Waals surface area contributed by atoms with Gasteiger partial charge in [-0.1, -0.05) is 42.5 Å². The standard InChI is InChI=1S/C15H16Cl2OS/c1-18-11-7-10-8-12(9-5-3-2-4-6-9)19-15(10)14(17)13(11)16/h7-9H,2-6H2,1H3. The number of thiophene rings is 1. The maximum atomic E-state index is 6.36. The number of hydrogen-bond donors (Lipinski definition) is 0. The van der Waals surface area contributed by atoms with Crippen LogP contribution in [0.4, 0.5) is 0 Å². The zero-order chi connectivity index (χ0) is 13.4. The molecule has 0 saturated heterocycles. The molecule has 4 heteroatoms. The Bertz CT molecular complexity index is 600. The summed E-state index contributed by atoms with van der Waals surface area (Å²) >= 11 is 14.4. The van der Waals surface area contributed by atoms with Crippen molar-refractivity contribution in [3.8, 4) is 5.75 Å². The maximum absolute atomic E-state index is 6.36. The van der Waals surface area contributed by atoms with E-state index in [-0.39, 0.29) is 0 Å². The summed E-state index contributed by atoms with van der Waals surface area (Å²) in [4.78, 5) is 1.45. The summed E-state index contributed by atoms with van der Waals surface area (Å²) in [6, 6.07) is 4.26. The van der Waals surface area contributed by atoms with E-state index in [1.165, 1.54) is 37.0 Å². The highest BCUT2D eigenvalue weighted by atomic mass is 35.5. The van der Waals surface area contributed by atoms with Crippen molar-refractivity contribution in [1.29, 1.82) is 0 Å². The van der Waals surface area contributed by atoms with Crippen LogP contribution in [0.2, 0.25) is 10.0 Å². The third-order valence-electron chi connectivity index (χ3n) is 3.90. The van der Waals surface area contributed by atoms with Crippen LogP contribution >= 0.6 is 34.5 Å². The number of rotatable bonds is 2. The van der Waals surface area contributed by atoms with Gasteiger partial charge in [0.05, 0.1) is 16.8 Å². The molecule has 19 heavy (non-hydrogen) atoms. The molecule has 0 unspecified atom stereocenters. The molecule has 0 radical (unpaired) electrons. The number of benzene rings is 1. The Morgan fingerprint density at radius 2 is 1.84 bits per heavy atom. The topological polar surface area (TPSA) is 9.23 Å². The first-order valence-electron chi connectivity index (χ1n) is 6.66. The van der Waals surface area contributed by atoms with Gasteiger partial charge in [-0.05, 0) is 36.3 Å². The highest BCUT2D eigenvalue weighted by molar-refractivity contribution is 7.19. The smallest absolute Gasteiger partial charge is 0.139 e. The third-order valence-corrected chi connectivity index (χ3v) is 6.20. The summed E-state index contributed by atoms with van der Waals surface area (Å²) in [6.45, 7) is 0. The number of fused-ring (bicyclic) bond motifs is 1. The second kappa shape index (κ2) is 5.51. The van der Waals surface area contributed by atoms with Gasteiger partial charge in [0.1, 0.15) is 10.8 Å². The average Bonchev–Trinajstić information content (AvgIpc) is 2.88. The van der Waals surface area contributed by atoms with Crippen LogP contribution in [0.5, 0.6) is 5.75 Å². The van der Waals surface area contributed by atoms with E-state index in [1.54, 1.807) is 18.4 Å². The summed E-state index contributed by atoms with van der Waals surface area (Å²) in [6.07, 6.45) is 6.67. The monoisotopic (exact) mass is 314 g/mol. The Balaban J connectivity index is 2.07. The summed E-state index contributed by atoms with van der Waals surface area (Å²) in [7, 11) is 1.62. The molecule has 1 aliphatic rings. The molecule has 0 aliphatic heterocycles. The number of ether oxygens (including phenoxy) is 1. The average molecular weight is 315 g/mol. The van der Waals surface area contributed by atoms with Crippen LogP contribution in [0.25, 0.3) is 10.1 Å². The molecule has 3 rings (SSSR count). The fourth-order valence-corrected chi connectivity index (χ4v) is 4.70. The highest BCUT2D eigenvalue weighted by Gasteiger charge is 2.20. The second-order valence-corrected chi connectivity index (χ2v) is 6.95. The van der Waals surface area contributed by atoms with Gasteiger partial charge in [0.25, 0.3) is 0 Å². The first kappa shape index (κ1) is 13.5. The van der Waals surface area contributed by atoms with Gasteiger partial charge in [-0.2, -0.15) is 0 Å². The molecular formula is C15H16Cl2OS. The number of halogens is 2. The summed E-state index contributed by atoms with van der Waals surface area (Å²) in [5, 5.41) is 2.30. The van der Waals surface area contributed by atoms with Crippen LogP contribution in [0.15, 0.2) is 12.1 Å². The van der Waals surface area contributed by atoms with Crippen molar-refractivity contribution in [2.75, 3.05) is 7.11 Å². The molecule has 0 spiro atoms. The first-order valence-corrected chi connectivity index (χ1v) is 8.23. The van der Waals surface area contributed by atoms with Gasteiger partial charge in [0.2, 0.25) is 0 Å². The minimum atomic E-state index is 0.522. The minimum Gasteiger partial charge on any atom is -0.495 e. The van der Waals surface area contributed by atoms with Gasteiger partial charge in [-0.25, -0.2) is 0 Å². The Labute approximate surface area is 127 Å². The van der Waals surface area contributed by atoms with Gasteiger partial charge in [-0.3, -0.25) is 0 Å². The van der Waals surface area contributed by atoms with Crippen molar-refractivity contribution in [2.45, 2.75) is 38.0 Å². The molecular weight excluding hydrogens is 299 g/mol. The van der Waals surface area contributed by atoms with Crippen LogP contribution in [-0.4, -0.2) is 7.11 Å². The van der Waals surface area contributed by atoms with Crippen molar-refractivity contribution in [3.05, 3.63) is 27.1 Å². The van der Waals surface area contributed by atoms with Crippen molar-refractivity contribution in [3.63, 3.8) is 0 Å². The molecule has 0 amide bonds. The zero-order valence-corrected chi connectivity index (χ0v) is 13.2. The molecule has 102 valence electrons. The maximum Gasteiger partial charge on any atom is 0.139 e. The Kier molecular flexibility index (Phi) is 3.93. The lowest BCUT2D eigenvalue weighted by molar-refractivity contribution is 0.415. The SMILES string of the molecule is COc1cc2cc(C3CCCCC3)sc2c(Cl)c1Cl. The van der Waals surface area contributed by atoms with Gasteiger partial charge >= 0.3 is 0 Å². The van der Waals surface area contributed by atoms with Crippen molar-refractivity contribution in [2.24, 2.45) is 0 Å². The molecule has 0 atom stereocenters. The molecule has 1 aromatic carbocycles. The quantitative estimate of drug-likeness (QED) is 0.635. The van der Waals surface area contributed by atoms with E-state index in [1.807, 2.05) is 6.07 Å². The van der Waals surface area contributed by atoms with Crippen molar-refractivity contribution >= 4 is 44.6 Å². The normalized spacial score (nSPS) is 17.0. The third kappa shape index (κ3) is 2.46. The Hall–Kier alpha value is -0.440. The fraction of sp³-hybridized carbons (Fsp3) is 0.467. The predicted octanol–water partition coefficient (Wildman–Crippen LogP) is 6.26. The van der Waals surface area contributed by atoms with E-state index in [2.05, 4.69) is 6.07 Å². The molecule has 1 fully saturated rings. The second-order valence-electron chi connectivity index (χ2n) is 5.11. The van der Waals surface area contributed by atoms with Crippen LogP contribution in [0.1, 0.15) is 42.9 Å². The van der Waals surface area contributed by atoms with E-state index in [9.17, 15) is 0 Å². The van der Waals surface area contributed by atoms with Gasteiger partial charge in [0.15, 0.2) is 0 Å². The lowest BCUT2D eigenvalue weighted by atomic mass is 9.88. The summed E-state index contributed by atoms with van der Waals surface area (Å²) in [5.74, 6) is 1.36. The lowest BCUT2D eigenvalue weighted by Crippen LogP contribution is -2.02. The molecule has 1 nitrogen and oxygen atoms in total. The molecule has 1 aromatic heterocycles. The van der Waals surface area contributed by atoms with Crippen molar-refractivity contribution < 1.29 is 4.74 Å². The first-order chi connectivity index (χ1) is 9.20. The predicted molar refractivity (Wildman–Crippen MR) is 84.2 cm³/mol.